The van der Waals surface area contributed by atoms with Crippen LogP contribution in [0.5, 0.6) is 0 Å². The molecule has 0 spiro atoms. The third-order valence-corrected chi connectivity index (χ3v) is 3.80. The number of aldehydes is 1. The molecule has 2 bridgehead atoms. The van der Waals surface area contributed by atoms with Gasteiger partial charge in [0.25, 0.3) is 0 Å². The molecule has 0 amide bonds. The molecule has 3 nitrogen and oxygen atoms in total. The van der Waals surface area contributed by atoms with Gasteiger partial charge in [-0.3, -0.25) is 9.48 Å². The second kappa shape index (κ2) is 2.94. The fourth-order valence-corrected chi connectivity index (χ4v) is 3.05. The first kappa shape index (κ1) is 9.13. The van der Waals surface area contributed by atoms with E-state index in [-0.39, 0.29) is 0 Å². The maximum absolute atomic E-state index is 11.0. The normalized spacial score (nSPS) is 27.4. The molecule has 3 aliphatic rings. The average Bonchev–Trinajstić information content (AvgIpc) is 2.54. The van der Waals surface area contributed by atoms with E-state index in [0.29, 0.717) is 17.7 Å². The van der Waals surface area contributed by atoms with E-state index >= 15 is 0 Å². The molecule has 1 saturated carbocycles. The molecule has 0 unspecified atom stereocenters. The summed E-state index contributed by atoms with van der Waals surface area (Å²) in [4.78, 5) is 11.0. The molecule has 15 heavy (non-hydrogen) atoms. The maximum atomic E-state index is 11.0. The number of carbonyl (C=O) groups excluding carboxylic acids is 1. The number of rotatable bonds is 2. The van der Waals surface area contributed by atoms with Crippen LogP contribution in [0.25, 0.3) is 0 Å². The van der Waals surface area contributed by atoms with Gasteiger partial charge in [0.1, 0.15) is 5.69 Å². The SMILES string of the molecule is CC(C)n1nc(C=O)c2c1C1CC(C2)C1. The van der Waals surface area contributed by atoms with E-state index in [9.17, 15) is 4.79 Å². The lowest BCUT2D eigenvalue weighted by molar-refractivity contribution is 0.111. The minimum Gasteiger partial charge on any atom is -0.296 e. The molecule has 1 aromatic rings. The van der Waals surface area contributed by atoms with Crippen LogP contribution < -0.4 is 0 Å². The zero-order valence-electron chi connectivity index (χ0n) is 9.23. The molecule has 0 N–H and O–H groups in total. The van der Waals surface area contributed by atoms with Crippen LogP contribution in [0.4, 0.5) is 0 Å². The third kappa shape index (κ3) is 1.12. The van der Waals surface area contributed by atoms with Crippen molar-refractivity contribution in [3.8, 4) is 0 Å². The van der Waals surface area contributed by atoms with Crippen molar-refractivity contribution in [2.45, 2.75) is 45.1 Å². The molecule has 1 heterocycles. The summed E-state index contributed by atoms with van der Waals surface area (Å²) in [5, 5.41) is 4.44. The van der Waals surface area contributed by atoms with Crippen LogP contribution in [-0.2, 0) is 6.42 Å². The van der Waals surface area contributed by atoms with Crippen LogP contribution >= 0.6 is 0 Å². The van der Waals surface area contributed by atoms with Crippen LogP contribution in [0.15, 0.2) is 0 Å². The van der Waals surface area contributed by atoms with Crippen LogP contribution in [0, 0.1) is 5.92 Å². The van der Waals surface area contributed by atoms with Gasteiger partial charge in [-0.15, -0.1) is 0 Å². The summed E-state index contributed by atoms with van der Waals surface area (Å²) in [6.07, 6.45) is 4.61. The highest BCUT2D eigenvalue weighted by Crippen LogP contribution is 2.50. The summed E-state index contributed by atoms with van der Waals surface area (Å²) in [5.41, 5.74) is 3.29. The molecule has 0 radical (unpaired) electrons. The molecule has 80 valence electrons. The van der Waals surface area contributed by atoms with Crippen LogP contribution in [0.2, 0.25) is 0 Å². The van der Waals surface area contributed by atoms with Crippen molar-refractivity contribution in [3.63, 3.8) is 0 Å². The molecule has 3 aliphatic carbocycles. The minimum atomic E-state index is 0.365. The Morgan fingerprint density at radius 2 is 2.20 bits per heavy atom. The summed E-state index contributed by atoms with van der Waals surface area (Å²) in [5.74, 6) is 1.51. The topological polar surface area (TPSA) is 34.9 Å². The Bertz CT molecular complexity index is 414. The van der Waals surface area contributed by atoms with Crippen molar-refractivity contribution in [2.75, 3.05) is 0 Å². The highest BCUT2D eigenvalue weighted by molar-refractivity contribution is 5.75. The molecule has 0 aromatic carbocycles. The predicted octanol–water partition coefficient (Wildman–Crippen LogP) is 2.33. The van der Waals surface area contributed by atoms with Crippen molar-refractivity contribution in [1.82, 2.24) is 9.78 Å². The summed E-state index contributed by atoms with van der Waals surface area (Å²) in [7, 11) is 0. The lowest BCUT2D eigenvalue weighted by Gasteiger charge is -2.41. The van der Waals surface area contributed by atoms with Gasteiger partial charge >= 0.3 is 0 Å². The molecule has 0 saturated heterocycles. The average molecular weight is 204 g/mol. The molecular formula is C12H16N2O. The van der Waals surface area contributed by atoms with E-state index in [1.165, 1.54) is 24.1 Å². The van der Waals surface area contributed by atoms with E-state index in [1.807, 2.05) is 0 Å². The van der Waals surface area contributed by atoms with E-state index in [2.05, 4.69) is 23.6 Å². The van der Waals surface area contributed by atoms with Crippen molar-refractivity contribution < 1.29 is 4.79 Å². The molecular weight excluding hydrogens is 188 g/mol. The monoisotopic (exact) mass is 204 g/mol. The fourth-order valence-electron chi connectivity index (χ4n) is 3.05. The molecule has 3 heteroatoms. The fraction of sp³-hybridized carbons (Fsp3) is 0.667. The first-order valence-electron chi connectivity index (χ1n) is 5.77. The lowest BCUT2D eigenvalue weighted by Crippen LogP contribution is -2.32. The van der Waals surface area contributed by atoms with E-state index in [1.54, 1.807) is 0 Å². The Balaban J connectivity index is 2.17. The maximum Gasteiger partial charge on any atom is 0.170 e. The van der Waals surface area contributed by atoms with Crippen molar-refractivity contribution in [3.05, 3.63) is 17.0 Å². The van der Waals surface area contributed by atoms with Crippen LogP contribution in [0.1, 0.15) is 60.4 Å². The van der Waals surface area contributed by atoms with Gasteiger partial charge in [-0.25, -0.2) is 0 Å². The molecule has 0 atom stereocenters. The van der Waals surface area contributed by atoms with Gasteiger partial charge in [0, 0.05) is 23.2 Å². The van der Waals surface area contributed by atoms with Crippen LogP contribution in [-0.4, -0.2) is 16.1 Å². The molecule has 1 fully saturated rings. The summed E-state index contributed by atoms with van der Waals surface area (Å²) < 4.78 is 2.07. The van der Waals surface area contributed by atoms with Crippen molar-refractivity contribution >= 4 is 6.29 Å². The predicted molar refractivity (Wildman–Crippen MR) is 57.2 cm³/mol. The first-order valence-corrected chi connectivity index (χ1v) is 5.77. The first-order chi connectivity index (χ1) is 7.20. The molecule has 1 aromatic heterocycles. The highest BCUT2D eigenvalue weighted by Gasteiger charge is 2.41. The van der Waals surface area contributed by atoms with Gasteiger partial charge in [0.2, 0.25) is 0 Å². The highest BCUT2D eigenvalue weighted by atomic mass is 16.1. The van der Waals surface area contributed by atoms with E-state index < -0.39 is 0 Å². The Labute approximate surface area is 89.5 Å². The van der Waals surface area contributed by atoms with Gasteiger partial charge < -0.3 is 0 Å². The van der Waals surface area contributed by atoms with E-state index in [0.717, 1.165) is 18.6 Å². The van der Waals surface area contributed by atoms with Crippen LogP contribution in [0.3, 0.4) is 0 Å². The Morgan fingerprint density at radius 1 is 1.47 bits per heavy atom. The van der Waals surface area contributed by atoms with Gasteiger partial charge in [-0.05, 0) is 39.0 Å². The zero-order chi connectivity index (χ0) is 10.6. The Kier molecular flexibility index (Phi) is 1.79. The van der Waals surface area contributed by atoms with Gasteiger partial charge in [-0.1, -0.05) is 0 Å². The lowest BCUT2D eigenvalue weighted by atomic mass is 9.64. The van der Waals surface area contributed by atoms with E-state index in [4.69, 9.17) is 0 Å². The van der Waals surface area contributed by atoms with Gasteiger partial charge in [0.05, 0.1) is 0 Å². The second-order valence-corrected chi connectivity index (χ2v) is 5.14. The van der Waals surface area contributed by atoms with Crippen molar-refractivity contribution in [1.29, 1.82) is 0 Å². The van der Waals surface area contributed by atoms with Gasteiger partial charge in [-0.2, -0.15) is 5.10 Å². The number of hydrogen-bond acceptors (Lipinski definition) is 2. The number of aromatic nitrogens is 2. The molecule has 0 aliphatic heterocycles. The van der Waals surface area contributed by atoms with Crippen molar-refractivity contribution in [2.24, 2.45) is 5.92 Å². The Hall–Kier alpha value is -1.12. The number of nitrogens with zero attached hydrogens (tertiary/aromatic N) is 2. The molecule has 4 rings (SSSR count). The minimum absolute atomic E-state index is 0.365. The Morgan fingerprint density at radius 3 is 2.80 bits per heavy atom. The summed E-state index contributed by atoms with van der Waals surface area (Å²) in [6, 6.07) is 0.365. The standard InChI is InChI=1S/C12H16N2O/c1-7(2)14-12-9-3-8(4-9)5-10(12)11(6-15)13-14/h6-9H,3-5H2,1-2H3. The largest absolute Gasteiger partial charge is 0.296 e. The zero-order valence-corrected chi connectivity index (χ0v) is 9.23. The number of hydrogen-bond donors (Lipinski definition) is 0. The number of carbonyl (C=O) groups is 1. The second-order valence-electron chi connectivity index (χ2n) is 5.14. The smallest absolute Gasteiger partial charge is 0.170 e. The third-order valence-electron chi connectivity index (χ3n) is 3.80. The summed E-state index contributed by atoms with van der Waals surface area (Å²) in [6.45, 7) is 4.26. The summed E-state index contributed by atoms with van der Waals surface area (Å²) >= 11 is 0. The van der Waals surface area contributed by atoms with Gasteiger partial charge in [0.15, 0.2) is 6.29 Å². The quantitative estimate of drug-likeness (QED) is 0.693.